The number of benzene rings is 3. The summed E-state index contributed by atoms with van der Waals surface area (Å²) in [5.41, 5.74) is 3.74. The van der Waals surface area contributed by atoms with Crippen LogP contribution in [0.5, 0.6) is 11.5 Å². The molecule has 0 aromatic heterocycles. The summed E-state index contributed by atoms with van der Waals surface area (Å²) in [5, 5.41) is 3.32. The van der Waals surface area contributed by atoms with Gasteiger partial charge in [0.25, 0.3) is 0 Å². The van der Waals surface area contributed by atoms with Crippen molar-refractivity contribution in [1.82, 2.24) is 0 Å². The van der Waals surface area contributed by atoms with E-state index in [-0.39, 0.29) is 5.97 Å². The number of anilines is 2. The van der Waals surface area contributed by atoms with E-state index < -0.39 is 0 Å². The van der Waals surface area contributed by atoms with Gasteiger partial charge in [0.05, 0.1) is 16.9 Å². The van der Waals surface area contributed by atoms with Crippen molar-refractivity contribution in [3.8, 4) is 11.5 Å². The van der Waals surface area contributed by atoms with E-state index in [1.807, 2.05) is 66.7 Å². The van der Waals surface area contributed by atoms with Crippen molar-refractivity contribution in [3.63, 3.8) is 0 Å². The lowest BCUT2D eigenvalue weighted by Gasteiger charge is -2.20. The lowest BCUT2D eigenvalue weighted by atomic mass is 10.1. The van der Waals surface area contributed by atoms with Gasteiger partial charge in [0, 0.05) is 5.56 Å². The first-order valence-corrected chi connectivity index (χ1v) is 7.69. The Morgan fingerprint density at radius 3 is 2.00 bits per heavy atom. The molecule has 4 nitrogen and oxygen atoms in total. The van der Waals surface area contributed by atoms with Gasteiger partial charge >= 0.3 is 5.97 Å². The van der Waals surface area contributed by atoms with Gasteiger partial charge in [-0.05, 0) is 30.3 Å². The highest BCUT2D eigenvalue weighted by atomic mass is 16.5. The second-order valence-corrected chi connectivity index (χ2v) is 5.45. The SMILES string of the molecule is O=C1OCc2ccccc21.c1ccc2c(c1)Nc1ccccc1O2. The van der Waals surface area contributed by atoms with Crippen molar-refractivity contribution in [2.45, 2.75) is 6.61 Å². The Morgan fingerprint density at radius 2 is 1.33 bits per heavy atom. The Labute approximate surface area is 139 Å². The first kappa shape index (κ1) is 14.3. The fraction of sp³-hybridized carbons (Fsp3) is 0.0500. The van der Waals surface area contributed by atoms with E-state index in [0.29, 0.717) is 12.2 Å². The van der Waals surface area contributed by atoms with Gasteiger partial charge in [-0.3, -0.25) is 0 Å². The minimum atomic E-state index is -0.199. The summed E-state index contributed by atoms with van der Waals surface area (Å²) in [5.74, 6) is 1.56. The second kappa shape index (κ2) is 6.08. The molecule has 0 radical (unpaired) electrons. The Balaban J connectivity index is 0.000000129. The maximum atomic E-state index is 10.8. The minimum absolute atomic E-state index is 0.199. The smallest absolute Gasteiger partial charge is 0.338 e. The molecular formula is C20H15NO3. The fourth-order valence-corrected chi connectivity index (χ4v) is 2.65. The van der Waals surface area contributed by atoms with E-state index >= 15 is 0 Å². The fourth-order valence-electron chi connectivity index (χ4n) is 2.65. The van der Waals surface area contributed by atoms with E-state index in [0.717, 1.165) is 28.4 Å². The predicted octanol–water partition coefficient (Wildman–Crippen LogP) is 4.89. The molecule has 2 aliphatic rings. The maximum Gasteiger partial charge on any atom is 0.338 e. The number of fused-ring (bicyclic) bond motifs is 3. The van der Waals surface area contributed by atoms with Crippen molar-refractivity contribution in [2.75, 3.05) is 5.32 Å². The molecule has 0 saturated heterocycles. The number of rotatable bonds is 0. The summed E-state index contributed by atoms with van der Waals surface area (Å²) < 4.78 is 10.5. The Morgan fingerprint density at radius 1 is 0.750 bits per heavy atom. The first-order chi connectivity index (χ1) is 11.8. The number of cyclic esters (lactones) is 1. The molecule has 0 atom stereocenters. The Kier molecular flexibility index (Phi) is 3.63. The summed E-state index contributed by atoms with van der Waals surface area (Å²) in [6.07, 6.45) is 0. The molecule has 3 aromatic rings. The quantitative estimate of drug-likeness (QED) is 0.469. The largest absolute Gasteiger partial charge is 0.457 e. The molecule has 24 heavy (non-hydrogen) atoms. The molecule has 5 rings (SSSR count). The van der Waals surface area contributed by atoms with E-state index in [1.54, 1.807) is 6.07 Å². The number of hydrogen-bond acceptors (Lipinski definition) is 4. The van der Waals surface area contributed by atoms with Crippen molar-refractivity contribution in [3.05, 3.63) is 83.9 Å². The molecule has 0 unspecified atom stereocenters. The number of ether oxygens (including phenoxy) is 2. The Bertz CT molecular complexity index is 817. The molecule has 118 valence electrons. The van der Waals surface area contributed by atoms with Crippen LogP contribution < -0.4 is 10.1 Å². The highest BCUT2D eigenvalue weighted by Gasteiger charge is 2.19. The van der Waals surface area contributed by atoms with Crippen LogP contribution in [0.4, 0.5) is 11.4 Å². The minimum Gasteiger partial charge on any atom is -0.457 e. The van der Waals surface area contributed by atoms with Gasteiger partial charge in [0.15, 0.2) is 11.5 Å². The van der Waals surface area contributed by atoms with E-state index in [1.165, 1.54) is 0 Å². The van der Waals surface area contributed by atoms with Crippen LogP contribution in [0.15, 0.2) is 72.8 Å². The summed E-state index contributed by atoms with van der Waals surface area (Å²) in [4.78, 5) is 10.8. The molecule has 2 heterocycles. The topological polar surface area (TPSA) is 47.6 Å². The average molecular weight is 317 g/mol. The summed E-state index contributed by atoms with van der Waals surface area (Å²) >= 11 is 0. The summed E-state index contributed by atoms with van der Waals surface area (Å²) in [6.45, 7) is 0.439. The molecule has 0 bridgehead atoms. The molecular weight excluding hydrogens is 302 g/mol. The molecule has 4 heteroatoms. The number of carbonyl (C=O) groups excluding carboxylic acids is 1. The third-order valence-corrected chi connectivity index (χ3v) is 3.86. The highest BCUT2D eigenvalue weighted by Crippen LogP contribution is 2.40. The maximum absolute atomic E-state index is 10.8. The highest BCUT2D eigenvalue weighted by molar-refractivity contribution is 5.93. The second-order valence-electron chi connectivity index (χ2n) is 5.45. The molecule has 0 fully saturated rings. The third-order valence-electron chi connectivity index (χ3n) is 3.86. The van der Waals surface area contributed by atoms with E-state index in [9.17, 15) is 4.79 Å². The van der Waals surface area contributed by atoms with E-state index in [2.05, 4.69) is 5.32 Å². The molecule has 1 N–H and O–H groups in total. The molecule has 3 aromatic carbocycles. The van der Waals surface area contributed by atoms with Crippen LogP contribution in [-0.4, -0.2) is 5.97 Å². The van der Waals surface area contributed by atoms with Gasteiger partial charge in [-0.2, -0.15) is 0 Å². The van der Waals surface area contributed by atoms with Crippen LogP contribution >= 0.6 is 0 Å². The monoisotopic (exact) mass is 317 g/mol. The molecule has 0 amide bonds. The van der Waals surface area contributed by atoms with Crippen LogP contribution in [-0.2, 0) is 11.3 Å². The molecule has 2 aliphatic heterocycles. The van der Waals surface area contributed by atoms with Gasteiger partial charge in [-0.15, -0.1) is 0 Å². The number of nitrogens with one attached hydrogen (secondary N) is 1. The van der Waals surface area contributed by atoms with Crippen LogP contribution in [0.25, 0.3) is 0 Å². The molecule has 0 spiro atoms. The zero-order valence-electron chi connectivity index (χ0n) is 12.9. The zero-order valence-corrected chi connectivity index (χ0v) is 12.9. The summed E-state index contributed by atoms with van der Waals surface area (Å²) in [7, 11) is 0. The van der Waals surface area contributed by atoms with E-state index in [4.69, 9.17) is 9.47 Å². The first-order valence-electron chi connectivity index (χ1n) is 7.69. The average Bonchev–Trinajstić information content (AvgIpc) is 3.02. The summed E-state index contributed by atoms with van der Waals surface area (Å²) in [6, 6.07) is 23.3. The molecule has 0 saturated carbocycles. The van der Waals surface area contributed by atoms with Crippen LogP contribution in [0.2, 0.25) is 0 Å². The van der Waals surface area contributed by atoms with Crippen LogP contribution in [0, 0.1) is 0 Å². The van der Waals surface area contributed by atoms with Gasteiger partial charge in [0.1, 0.15) is 6.61 Å². The van der Waals surface area contributed by atoms with Crippen LogP contribution in [0.3, 0.4) is 0 Å². The van der Waals surface area contributed by atoms with Crippen molar-refractivity contribution in [1.29, 1.82) is 0 Å². The standard InChI is InChI=1S/C12H9NO.C8H6O2/c1-3-7-11-9(5-1)13-10-6-2-4-8-12(10)14-11;9-8-7-4-2-1-3-6(7)5-10-8/h1-8,13H;1-4H,5H2. The number of carbonyl (C=O) groups is 1. The number of hydrogen-bond donors (Lipinski definition) is 1. The van der Waals surface area contributed by atoms with Gasteiger partial charge in [-0.25, -0.2) is 4.79 Å². The number of para-hydroxylation sites is 4. The van der Waals surface area contributed by atoms with Crippen molar-refractivity contribution < 1.29 is 14.3 Å². The van der Waals surface area contributed by atoms with Gasteiger partial charge in [0.2, 0.25) is 0 Å². The van der Waals surface area contributed by atoms with Crippen molar-refractivity contribution >= 4 is 17.3 Å². The lowest BCUT2D eigenvalue weighted by Crippen LogP contribution is -2.01. The van der Waals surface area contributed by atoms with Gasteiger partial charge in [-0.1, -0.05) is 42.5 Å². The number of esters is 1. The van der Waals surface area contributed by atoms with Crippen LogP contribution in [0.1, 0.15) is 15.9 Å². The third kappa shape index (κ3) is 2.70. The van der Waals surface area contributed by atoms with Gasteiger partial charge < -0.3 is 14.8 Å². The molecule has 0 aliphatic carbocycles. The predicted molar refractivity (Wildman–Crippen MR) is 91.8 cm³/mol. The Hall–Kier alpha value is -3.27. The van der Waals surface area contributed by atoms with Crippen molar-refractivity contribution in [2.24, 2.45) is 0 Å². The normalized spacial score (nSPS) is 13.1. The zero-order chi connectivity index (χ0) is 16.4. The lowest BCUT2D eigenvalue weighted by molar-refractivity contribution is 0.0535.